The molecule has 0 radical (unpaired) electrons. The zero-order chi connectivity index (χ0) is 13.9. The molecule has 0 unspecified atom stereocenters. The first-order valence-electron chi connectivity index (χ1n) is 6.49. The lowest BCUT2D eigenvalue weighted by Gasteiger charge is -2.13. The molecule has 3 nitrogen and oxygen atoms in total. The summed E-state index contributed by atoms with van der Waals surface area (Å²) in [6.07, 6.45) is 9.37. The third kappa shape index (κ3) is 9.56. The Labute approximate surface area is 119 Å². The van der Waals surface area contributed by atoms with Gasteiger partial charge in [-0.1, -0.05) is 61.7 Å². The van der Waals surface area contributed by atoms with E-state index in [0.717, 1.165) is 38.5 Å². The summed E-state index contributed by atoms with van der Waals surface area (Å²) in [4.78, 5) is 10.6. The van der Waals surface area contributed by atoms with Crippen LogP contribution >= 0.6 is 23.2 Å². The first-order chi connectivity index (χ1) is 8.50. The van der Waals surface area contributed by atoms with Gasteiger partial charge in [-0.2, -0.15) is 5.26 Å². The van der Waals surface area contributed by atoms with E-state index in [-0.39, 0.29) is 0 Å². The Morgan fingerprint density at radius 1 is 1.00 bits per heavy atom. The molecular weight excluding hydrogens is 273 g/mol. The van der Waals surface area contributed by atoms with Gasteiger partial charge in [0.2, 0.25) is 4.33 Å². The fraction of sp³-hybridized carbons (Fsp3) is 0.846. The largest absolute Gasteiger partial charge is 0.479 e. The van der Waals surface area contributed by atoms with Gasteiger partial charge in [-0.25, -0.2) is 4.79 Å². The van der Waals surface area contributed by atoms with Crippen molar-refractivity contribution in [2.75, 3.05) is 0 Å². The van der Waals surface area contributed by atoms with E-state index in [9.17, 15) is 4.79 Å². The van der Waals surface area contributed by atoms with E-state index in [0.29, 0.717) is 12.8 Å². The molecular formula is C13H21Cl2NO2. The van der Waals surface area contributed by atoms with Crippen LogP contribution < -0.4 is 0 Å². The minimum atomic E-state index is -1.63. The second-order valence-electron chi connectivity index (χ2n) is 4.50. The number of aliphatic carboxylic acids is 1. The van der Waals surface area contributed by atoms with Crippen molar-refractivity contribution in [2.24, 2.45) is 0 Å². The lowest BCUT2D eigenvalue weighted by atomic mass is 10.1. The van der Waals surface area contributed by atoms with Gasteiger partial charge in [0, 0.05) is 6.42 Å². The van der Waals surface area contributed by atoms with Gasteiger partial charge in [0.05, 0.1) is 6.07 Å². The lowest BCUT2D eigenvalue weighted by Crippen LogP contribution is -2.25. The number of carboxylic acids is 1. The van der Waals surface area contributed by atoms with Gasteiger partial charge >= 0.3 is 5.97 Å². The Kier molecular flexibility index (Phi) is 10.2. The van der Waals surface area contributed by atoms with E-state index < -0.39 is 10.3 Å². The smallest absolute Gasteiger partial charge is 0.340 e. The maximum atomic E-state index is 10.6. The average molecular weight is 294 g/mol. The third-order valence-corrected chi connectivity index (χ3v) is 3.54. The van der Waals surface area contributed by atoms with E-state index in [2.05, 4.69) is 6.07 Å². The normalized spacial score (nSPS) is 11.2. The number of unbranched alkanes of at least 4 members (excludes halogenated alkanes) is 8. The Bertz CT molecular complexity index is 275. The molecule has 0 spiro atoms. The highest BCUT2D eigenvalue weighted by atomic mass is 35.5. The molecule has 0 aromatic heterocycles. The zero-order valence-corrected chi connectivity index (χ0v) is 12.1. The molecule has 0 heterocycles. The Hall–Kier alpha value is -0.460. The molecule has 0 aromatic rings. The molecule has 0 fully saturated rings. The van der Waals surface area contributed by atoms with Crippen LogP contribution in [0.2, 0.25) is 0 Å². The number of carbonyl (C=O) groups is 1. The standard InChI is InChI=1S/C13H21Cl2NO2/c14-13(15,12(17)18)10-8-6-4-2-1-3-5-7-9-11-16/h1-10H2,(H,17,18). The van der Waals surface area contributed by atoms with Gasteiger partial charge in [0.15, 0.2) is 0 Å². The van der Waals surface area contributed by atoms with Crippen molar-refractivity contribution < 1.29 is 9.90 Å². The highest BCUT2D eigenvalue weighted by Gasteiger charge is 2.32. The van der Waals surface area contributed by atoms with Crippen molar-refractivity contribution in [3.63, 3.8) is 0 Å². The van der Waals surface area contributed by atoms with Gasteiger partial charge in [-0.05, 0) is 19.3 Å². The van der Waals surface area contributed by atoms with Crippen LogP contribution in [0.4, 0.5) is 0 Å². The molecule has 1 N–H and O–H groups in total. The SMILES string of the molecule is N#CCCCCCCCCCCC(Cl)(Cl)C(=O)O. The van der Waals surface area contributed by atoms with E-state index in [1.54, 1.807) is 0 Å². The number of nitrogens with zero attached hydrogens (tertiary/aromatic N) is 1. The molecule has 0 rings (SSSR count). The summed E-state index contributed by atoms with van der Waals surface area (Å²) in [6, 6.07) is 2.14. The number of carboxylic acid groups (broad SMARTS) is 1. The van der Waals surface area contributed by atoms with Crippen molar-refractivity contribution >= 4 is 29.2 Å². The van der Waals surface area contributed by atoms with Crippen molar-refractivity contribution in [1.29, 1.82) is 5.26 Å². The first kappa shape index (κ1) is 17.5. The van der Waals surface area contributed by atoms with E-state index in [1.165, 1.54) is 12.8 Å². The summed E-state index contributed by atoms with van der Waals surface area (Å²) in [7, 11) is 0. The fourth-order valence-corrected chi connectivity index (χ4v) is 1.99. The summed E-state index contributed by atoms with van der Waals surface area (Å²) in [5, 5.41) is 17.1. The van der Waals surface area contributed by atoms with Crippen LogP contribution in [0.25, 0.3) is 0 Å². The summed E-state index contributed by atoms with van der Waals surface area (Å²) in [6.45, 7) is 0. The molecule has 0 aliphatic rings. The molecule has 0 aliphatic carbocycles. The molecule has 0 amide bonds. The zero-order valence-electron chi connectivity index (χ0n) is 10.6. The van der Waals surface area contributed by atoms with E-state index in [4.69, 9.17) is 33.6 Å². The maximum Gasteiger partial charge on any atom is 0.340 e. The molecule has 0 atom stereocenters. The number of halogens is 2. The van der Waals surface area contributed by atoms with E-state index in [1.807, 2.05) is 0 Å². The van der Waals surface area contributed by atoms with Crippen LogP contribution in [0.5, 0.6) is 0 Å². The molecule has 18 heavy (non-hydrogen) atoms. The highest BCUT2D eigenvalue weighted by Crippen LogP contribution is 2.28. The number of nitriles is 1. The summed E-state index contributed by atoms with van der Waals surface area (Å²) in [5.74, 6) is -1.16. The van der Waals surface area contributed by atoms with Crippen molar-refractivity contribution in [3.8, 4) is 6.07 Å². The van der Waals surface area contributed by atoms with Gasteiger partial charge < -0.3 is 5.11 Å². The second kappa shape index (κ2) is 10.5. The number of alkyl halides is 2. The maximum absolute atomic E-state index is 10.6. The molecule has 104 valence electrons. The Morgan fingerprint density at radius 3 is 1.89 bits per heavy atom. The summed E-state index contributed by atoms with van der Waals surface area (Å²) in [5.41, 5.74) is 0. The fourth-order valence-electron chi connectivity index (χ4n) is 1.72. The van der Waals surface area contributed by atoms with Crippen LogP contribution in [0.1, 0.15) is 64.2 Å². The summed E-state index contributed by atoms with van der Waals surface area (Å²) < 4.78 is -1.63. The first-order valence-corrected chi connectivity index (χ1v) is 7.24. The Balaban J connectivity index is 3.27. The quantitative estimate of drug-likeness (QED) is 0.445. The van der Waals surface area contributed by atoms with Gasteiger partial charge in [-0.3, -0.25) is 0 Å². The molecule has 5 heteroatoms. The van der Waals surface area contributed by atoms with E-state index >= 15 is 0 Å². The number of rotatable bonds is 11. The molecule has 0 aliphatic heterocycles. The summed E-state index contributed by atoms with van der Waals surface area (Å²) >= 11 is 11.2. The van der Waals surface area contributed by atoms with Crippen molar-refractivity contribution in [3.05, 3.63) is 0 Å². The van der Waals surface area contributed by atoms with Crippen LogP contribution in [0.15, 0.2) is 0 Å². The minimum absolute atomic E-state index is 0.299. The highest BCUT2D eigenvalue weighted by molar-refractivity contribution is 6.57. The van der Waals surface area contributed by atoms with Crippen LogP contribution in [0.3, 0.4) is 0 Å². The molecule has 0 aromatic carbocycles. The van der Waals surface area contributed by atoms with Gasteiger partial charge in [0.25, 0.3) is 0 Å². The Morgan fingerprint density at radius 2 is 1.44 bits per heavy atom. The number of hydrogen-bond donors (Lipinski definition) is 1. The van der Waals surface area contributed by atoms with Crippen LogP contribution in [-0.4, -0.2) is 15.4 Å². The molecule has 0 saturated carbocycles. The van der Waals surface area contributed by atoms with Crippen molar-refractivity contribution in [2.45, 2.75) is 68.5 Å². The minimum Gasteiger partial charge on any atom is -0.479 e. The van der Waals surface area contributed by atoms with Crippen LogP contribution in [-0.2, 0) is 4.79 Å². The van der Waals surface area contributed by atoms with Gasteiger partial charge in [0.1, 0.15) is 0 Å². The monoisotopic (exact) mass is 293 g/mol. The molecule has 0 saturated heterocycles. The van der Waals surface area contributed by atoms with Crippen molar-refractivity contribution in [1.82, 2.24) is 0 Å². The predicted octanol–water partition coefficient (Wildman–Crippen LogP) is 4.67. The molecule has 0 bridgehead atoms. The predicted molar refractivity (Wildman–Crippen MR) is 73.9 cm³/mol. The lowest BCUT2D eigenvalue weighted by molar-refractivity contribution is -0.138. The van der Waals surface area contributed by atoms with Gasteiger partial charge in [-0.15, -0.1) is 0 Å². The van der Waals surface area contributed by atoms with Crippen LogP contribution in [0, 0.1) is 11.3 Å². The second-order valence-corrected chi connectivity index (χ2v) is 5.98. The average Bonchev–Trinajstić information content (AvgIpc) is 2.31. The topological polar surface area (TPSA) is 61.1 Å². The number of hydrogen-bond acceptors (Lipinski definition) is 2. The third-order valence-electron chi connectivity index (χ3n) is 2.84.